The Hall–Kier alpha value is -2.02. The standard InChI is InChI=1S/C16H21N5OS/c1-12(23-14-5-3-2-4-6-14)9-17-16(22)20-13-7-8-15-18-11-19-21(15)10-13/h2-6,11-13H,7-10H2,1H3,(H2,17,20,22). The summed E-state index contributed by atoms with van der Waals surface area (Å²) in [5, 5.41) is 10.5. The van der Waals surface area contributed by atoms with Crippen LogP contribution >= 0.6 is 11.8 Å². The average Bonchev–Trinajstić information content (AvgIpc) is 3.01. The van der Waals surface area contributed by atoms with Gasteiger partial charge in [0.1, 0.15) is 12.2 Å². The van der Waals surface area contributed by atoms with E-state index in [1.807, 2.05) is 22.9 Å². The summed E-state index contributed by atoms with van der Waals surface area (Å²) in [7, 11) is 0. The van der Waals surface area contributed by atoms with Gasteiger partial charge >= 0.3 is 6.03 Å². The number of thioether (sulfide) groups is 1. The van der Waals surface area contributed by atoms with E-state index in [0.29, 0.717) is 18.3 Å². The van der Waals surface area contributed by atoms with Crippen LogP contribution in [0.4, 0.5) is 4.79 Å². The van der Waals surface area contributed by atoms with Gasteiger partial charge in [-0.25, -0.2) is 14.5 Å². The molecule has 0 bridgehead atoms. The molecule has 1 aromatic heterocycles. The molecule has 23 heavy (non-hydrogen) atoms. The zero-order chi connectivity index (χ0) is 16.1. The molecule has 2 aromatic rings. The lowest BCUT2D eigenvalue weighted by molar-refractivity contribution is 0.232. The van der Waals surface area contributed by atoms with Crippen LogP contribution in [0.15, 0.2) is 41.6 Å². The molecular weight excluding hydrogens is 310 g/mol. The van der Waals surface area contributed by atoms with E-state index in [9.17, 15) is 4.79 Å². The highest BCUT2D eigenvalue weighted by atomic mass is 32.2. The first kappa shape index (κ1) is 15.9. The predicted octanol–water partition coefficient (Wildman–Crippen LogP) is 2.07. The first-order chi connectivity index (χ1) is 11.2. The van der Waals surface area contributed by atoms with Gasteiger partial charge in [0, 0.05) is 23.1 Å². The number of hydrogen-bond acceptors (Lipinski definition) is 4. The third kappa shape index (κ3) is 4.48. The number of aromatic nitrogens is 3. The molecule has 0 saturated heterocycles. The van der Waals surface area contributed by atoms with Crippen LogP contribution in [0.5, 0.6) is 0 Å². The number of nitrogens with one attached hydrogen (secondary N) is 2. The van der Waals surface area contributed by atoms with Gasteiger partial charge in [-0.1, -0.05) is 25.1 Å². The topological polar surface area (TPSA) is 71.8 Å². The minimum absolute atomic E-state index is 0.112. The number of carbonyl (C=O) groups excluding carboxylic acids is 1. The van der Waals surface area contributed by atoms with Crippen LogP contribution in [0.3, 0.4) is 0 Å². The average molecular weight is 331 g/mol. The van der Waals surface area contributed by atoms with E-state index >= 15 is 0 Å². The second-order valence-corrected chi connectivity index (χ2v) is 7.20. The highest BCUT2D eigenvalue weighted by Crippen LogP contribution is 2.21. The van der Waals surface area contributed by atoms with Crippen molar-refractivity contribution in [3.8, 4) is 0 Å². The van der Waals surface area contributed by atoms with Crippen molar-refractivity contribution in [1.82, 2.24) is 25.4 Å². The van der Waals surface area contributed by atoms with Gasteiger partial charge in [0.25, 0.3) is 0 Å². The highest BCUT2D eigenvalue weighted by molar-refractivity contribution is 8.00. The fourth-order valence-corrected chi connectivity index (χ4v) is 3.55. The molecule has 1 aromatic carbocycles. The summed E-state index contributed by atoms with van der Waals surface area (Å²) in [4.78, 5) is 17.4. The fourth-order valence-electron chi connectivity index (χ4n) is 2.60. The highest BCUT2D eigenvalue weighted by Gasteiger charge is 2.21. The van der Waals surface area contributed by atoms with Crippen LogP contribution in [0, 0.1) is 0 Å². The number of aryl methyl sites for hydroxylation is 1. The van der Waals surface area contributed by atoms with Gasteiger partial charge in [-0.2, -0.15) is 5.10 Å². The minimum atomic E-state index is -0.112. The molecule has 1 aliphatic rings. The summed E-state index contributed by atoms with van der Waals surface area (Å²) < 4.78 is 1.86. The lowest BCUT2D eigenvalue weighted by Crippen LogP contribution is -2.47. The van der Waals surface area contributed by atoms with Crippen LogP contribution in [0.25, 0.3) is 0 Å². The molecule has 2 atom stereocenters. The third-order valence-electron chi connectivity index (χ3n) is 3.77. The normalized spacial score (nSPS) is 18.0. The number of amides is 2. The maximum atomic E-state index is 12.0. The number of urea groups is 1. The SMILES string of the molecule is CC(CNC(=O)NC1CCc2ncnn2C1)Sc1ccccc1. The monoisotopic (exact) mass is 331 g/mol. The van der Waals surface area contributed by atoms with E-state index < -0.39 is 0 Å². The summed E-state index contributed by atoms with van der Waals surface area (Å²) in [6.45, 7) is 3.43. The second kappa shape index (κ2) is 7.50. The predicted molar refractivity (Wildman–Crippen MR) is 90.4 cm³/mol. The number of carbonyl (C=O) groups is 1. The summed E-state index contributed by atoms with van der Waals surface area (Å²) in [6, 6.07) is 10.2. The molecule has 0 fully saturated rings. The Kier molecular flexibility index (Phi) is 5.17. The second-order valence-electron chi connectivity index (χ2n) is 5.69. The van der Waals surface area contributed by atoms with E-state index in [4.69, 9.17) is 0 Å². The number of benzene rings is 1. The number of fused-ring (bicyclic) bond motifs is 1. The molecular formula is C16H21N5OS. The minimum Gasteiger partial charge on any atom is -0.337 e. The van der Waals surface area contributed by atoms with Gasteiger partial charge in [-0.3, -0.25) is 0 Å². The van der Waals surface area contributed by atoms with Crippen molar-refractivity contribution < 1.29 is 4.79 Å². The van der Waals surface area contributed by atoms with Crippen LogP contribution in [-0.4, -0.2) is 38.6 Å². The van der Waals surface area contributed by atoms with Crippen molar-refractivity contribution in [2.45, 2.75) is 42.5 Å². The number of hydrogen-bond donors (Lipinski definition) is 2. The van der Waals surface area contributed by atoms with Gasteiger partial charge in [-0.05, 0) is 18.6 Å². The van der Waals surface area contributed by atoms with Crippen LogP contribution in [0.2, 0.25) is 0 Å². The van der Waals surface area contributed by atoms with Crippen molar-refractivity contribution in [2.24, 2.45) is 0 Å². The molecule has 0 radical (unpaired) electrons. The van der Waals surface area contributed by atoms with Gasteiger partial charge in [0.05, 0.1) is 12.6 Å². The van der Waals surface area contributed by atoms with E-state index in [1.165, 1.54) is 4.90 Å². The first-order valence-corrected chi connectivity index (χ1v) is 8.71. The Bertz CT molecular complexity index is 645. The molecule has 6 nitrogen and oxygen atoms in total. The smallest absolute Gasteiger partial charge is 0.315 e. The van der Waals surface area contributed by atoms with Crippen molar-refractivity contribution in [1.29, 1.82) is 0 Å². The Labute approximate surface area is 140 Å². The Balaban J connectivity index is 1.40. The Morgan fingerprint density at radius 1 is 1.43 bits per heavy atom. The van der Waals surface area contributed by atoms with E-state index in [-0.39, 0.29) is 12.1 Å². The Morgan fingerprint density at radius 3 is 3.09 bits per heavy atom. The largest absolute Gasteiger partial charge is 0.337 e. The van der Waals surface area contributed by atoms with Crippen LogP contribution in [-0.2, 0) is 13.0 Å². The van der Waals surface area contributed by atoms with E-state index in [1.54, 1.807) is 18.1 Å². The molecule has 0 saturated carbocycles. The summed E-state index contributed by atoms with van der Waals surface area (Å²) in [5.74, 6) is 0.997. The van der Waals surface area contributed by atoms with Gasteiger partial charge in [-0.15, -0.1) is 11.8 Å². The van der Waals surface area contributed by atoms with Gasteiger partial charge in [0.2, 0.25) is 0 Å². The molecule has 2 amide bonds. The van der Waals surface area contributed by atoms with Crippen molar-refractivity contribution in [2.75, 3.05) is 6.54 Å². The van der Waals surface area contributed by atoms with Crippen molar-refractivity contribution in [3.05, 3.63) is 42.5 Å². The molecule has 0 aliphatic carbocycles. The molecule has 2 unspecified atom stereocenters. The number of nitrogens with zero attached hydrogens (tertiary/aromatic N) is 3. The zero-order valence-electron chi connectivity index (χ0n) is 13.1. The maximum Gasteiger partial charge on any atom is 0.315 e. The summed E-state index contributed by atoms with van der Waals surface area (Å²) in [6.07, 6.45) is 3.33. The fraction of sp³-hybridized carbons (Fsp3) is 0.438. The Morgan fingerprint density at radius 2 is 2.26 bits per heavy atom. The molecule has 2 heterocycles. The van der Waals surface area contributed by atoms with Crippen molar-refractivity contribution >= 4 is 17.8 Å². The molecule has 2 N–H and O–H groups in total. The molecule has 1 aliphatic heterocycles. The zero-order valence-corrected chi connectivity index (χ0v) is 13.9. The van der Waals surface area contributed by atoms with E-state index in [0.717, 1.165) is 18.7 Å². The molecule has 0 spiro atoms. The van der Waals surface area contributed by atoms with E-state index in [2.05, 4.69) is 39.8 Å². The van der Waals surface area contributed by atoms with Crippen LogP contribution in [0.1, 0.15) is 19.2 Å². The van der Waals surface area contributed by atoms with Crippen LogP contribution < -0.4 is 10.6 Å². The van der Waals surface area contributed by atoms with Gasteiger partial charge in [0.15, 0.2) is 0 Å². The maximum absolute atomic E-state index is 12.0. The lowest BCUT2D eigenvalue weighted by Gasteiger charge is -2.24. The lowest BCUT2D eigenvalue weighted by atomic mass is 10.1. The summed E-state index contributed by atoms with van der Waals surface area (Å²) >= 11 is 1.76. The molecule has 7 heteroatoms. The first-order valence-electron chi connectivity index (χ1n) is 7.83. The molecule has 122 valence electrons. The summed E-state index contributed by atoms with van der Waals surface area (Å²) in [5.41, 5.74) is 0. The number of rotatable bonds is 5. The van der Waals surface area contributed by atoms with Gasteiger partial charge < -0.3 is 10.6 Å². The quantitative estimate of drug-likeness (QED) is 0.823. The molecule has 3 rings (SSSR count). The third-order valence-corrected chi connectivity index (χ3v) is 4.88. The van der Waals surface area contributed by atoms with Crippen molar-refractivity contribution in [3.63, 3.8) is 0 Å².